The van der Waals surface area contributed by atoms with Gasteiger partial charge in [0.25, 0.3) is 10.1 Å². The molecular weight excluding hydrogens is 166 g/mol. The van der Waals surface area contributed by atoms with Crippen LogP contribution in [0.3, 0.4) is 0 Å². The van der Waals surface area contributed by atoms with Crippen LogP contribution in [0.5, 0.6) is 0 Å². The van der Waals surface area contributed by atoms with E-state index in [0.717, 1.165) is 25.1 Å². The summed E-state index contributed by atoms with van der Waals surface area (Å²) < 4.78 is 28.9. The Bertz CT molecular complexity index is 247. The molecule has 0 aromatic rings. The first-order valence-electron chi connectivity index (χ1n) is 3.42. The van der Waals surface area contributed by atoms with E-state index in [-0.39, 0.29) is 5.75 Å². The maximum atomic E-state index is 10.3. The summed E-state index contributed by atoms with van der Waals surface area (Å²) in [6.07, 6.45) is 2.45. The number of hydrogen-bond acceptors (Lipinski definition) is 3. The molecule has 0 spiro atoms. The summed E-state index contributed by atoms with van der Waals surface area (Å²) >= 11 is 0. The highest BCUT2D eigenvalue weighted by Gasteiger charge is 2.07. The van der Waals surface area contributed by atoms with Gasteiger partial charge in [0.05, 0.1) is 5.75 Å². The molecule has 1 rings (SSSR count). The van der Waals surface area contributed by atoms with E-state index in [1.54, 1.807) is 6.08 Å². The fourth-order valence-corrected chi connectivity index (χ4v) is 1.43. The standard InChI is InChI=1S/C6H11NO3S/c8-11(9,10)4-2-6-1-3-7-5-6/h2,7H,1,3-5H2,(H,8,9,10)/b6-2+. The van der Waals surface area contributed by atoms with Crippen molar-refractivity contribution in [1.82, 2.24) is 5.32 Å². The summed E-state index contributed by atoms with van der Waals surface area (Å²) in [7, 11) is -3.82. The van der Waals surface area contributed by atoms with E-state index in [1.807, 2.05) is 0 Å². The third kappa shape index (κ3) is 3.50. The van der Waals surface area contributed by atoms with E-state index in [0.29, 0.717) is 0 Å². The van der Waals surface area contributed by atoms with Gasteiger partial charge >= 0.3 is 0 Å². The van der Waals surface area contributed by atoms with Gasteiger partial charge in [0.2, 0.25) is 0 Å². The monoisotopic (exact) mass is 177 g/mol. The fraction of sp³-hybridized carbons (Fsp3) is 0.667. The fourth-order valence-electron chi connectivity index (χ4n) is 0.984. The van der Waals surface area contributed by atoms with E-state index < -0.39 is 10.1 Å². The second kappa shape index (κ2) is 3.34. The number of rotatable bonds is 2. The van der Waals surface area contributed by atoms with Crippen molar-refractivity contribution >= 4 is 10.1 Å². The smallest absolute Gasteiger partial charge is 0.268 e. The van der Waals surface area contributed by atoms with Crippen molar-refractivity contribution in [2.45, 2.75) is 6.42 Å². The van der Waals surface area contributed by atoms with Crippen LogP contribution in [0.2, 0.25) is 0 Å². The minimum absolute atomic E-state index is 0.260. The normalized spacial score (nSPS) is 22.8. The molecule has 11 heavy (non-hydrogen) atoms. The van der Waals surface area contributed by atoms with Gasteiger partial charge in [0.1, 0.15) is 0 Å². The largest absolute Gasteiger partial charge is 0.313 e. The number of hydrogen-bond donors (Lipinski definition) is 2. The molecule has 5 heteroatoms. The summed E-state index contributed by atoms with van der Waals surface area (Å²) in [4.78, 5) is 0. The minimum Gasteiger partial charge on any atom is -0.313 e. The van der Waals surface area contributed by atoms with Crippen LogP contribution in [-0.4, -0.2) is 31.8 Å². The molecule has 1 fully saturated rings. The minimum atomic E-state index is -3.82. The molecular formula is C6H11NO3S. The third-order valence-corrected chi connectivity index (χ3v) is 2.15. The Labute approximate surface area is 66.0 Å². The molecule has 4 nitrogen and oxygen atoms in total. The van der Waals surface area contributed by atoms with Crippen LogP contribution in [0.1, 0.15) is 6.42 Å². The first kappa shape index (κ1) is 8.70. The molecule has 64 valence electrons. The van der Waals surface area contributed by atoms with Gasteiger partial charge in [-0.2, -0.15) is 8.42 Å². The van der Waals surface area contributed by atoms with Gasteiger partial charge in [-0.3, -0.25) is 4.55 Å². The predicted molar refractivity (Wildman–Crippen MR) is 42.0 cm³/mol. The molecule has 0 atom stereocenters. The van der Waals surface area contributed by atoms with Crippen LogP contribution in [-0.2, 0) is 10.1 Å². The highest BCUT2D eigenvalue weighted by molar-refractivity contribution is 7.85. The molecule has 0 bridgehead atoms. The van der Waals surface area contributed by atoms with E-state index in [2.05, 4.69) is 5.32 Å². The second-order valence-corrected chi connectivity index (χ2v) is 4.03. The summed E-state index contributed by atoms with van der Waals surface area (Å²) in [6.45, 7) is 1.65. The molecule has 1 aliphatic rings. The molecule has 0 amide bonds. The first-order chi connectivity index (χ1) is 5.08. The van der Waals surface area contributed by atoms with Crippen LogP contribution >= 0.6 is 0 Å². The van der Waals surface area contributed by atoms with E-state index in [1.165, 1.54) is 0 Å². The molecule has 0 aromatic carbocycles. The van der Waals surface area contributed by atoms with E-state index in [4.69, 9.17) is 4.55 Å². The van der Waals surface area contributed by atoms with Crippen LogP contribution < -0.4 is 5.32 Å². The Morgan fingerprint density at radius 2 is 2.36 bits per heavy atom. The topological polar surface area (TPSA) is 66.4 Å². The van der Waals surface area contributed by atoms with Crippen LogP contribution in [0, 0.1) is 0 Å². The zero-order valence-corrected chi connectivity index (χ0v) is 6.89. The zero-order chi connectivity index (χ0) is 8.32. The lowest BCUT2D eigenvalue weighted by atomic mass is 10.2. The molecule has 0 aliphatic carbocycles. The Morgan fingerprint density at radius 1 is 1.64 bits per heavy atom. The molecule has 1 saturated heterocycles. The van der Waals surface area contributed by atoms with E-state index >= 15 is 0 Å². The third-order valence-electron chi connectivity index (χ3n) is 1.56. The summed E-state index contributed by atoms with van der Waals surface area (Å²) in [5, 5.41) is 3.06. The summed E-state index contributed by atoms with van der Waals surface area (Å²) in [6, 6.07) is 0. The molecule has 0 radical (unpaired) electrons. The van der Waals surface area contributed by atoms with Gasteiger partial charge in [-0.05, 0) is 13.0 Å². The molecule has 1 aliphatic heterocycles. The van der Waals surface area contributed by atoms with Crippen LogP contribution in [0.25, 0.3) is 0 Å². The van der Waals surface area contributed by atoms with Crippen molar-refractivity contribution in [3.8, 4) is 0 Å². The Morgan fingerprint density at radius 3 is 2.82 bits per heavy atom. The highest BCUT2D eigenvalue weighted by Crippen LogP contribution is 2.05. The average molecular weight is 177 g/mol. The molecule has 0 saturated carbocycles. The lowest BCUT2D eigenvalue weighted by Gasteiger charge is -1.92. The Balaban J connectivity index is 2.47. The first-order valence-corrected chi connectivity index (χ1v) is 5.02. The van der Waals surface area contributed by atoms with Crippen molar-refractivity contribution in [1.29, 1.82) is 0 Å². The number of nitrogens with one attached hydrogen (secondary N) is 1. The lowest BCUT2D eigenvalue weighted by molar-refractivity contribution is 0.486. The van der Waals surface area contributed by atoms with E-state index in [9.17, 15) is 8.42 Å². The van der Waals surface area contributed by atoms with Gasteiger partial charge in [0, 0.05) is 6.54 Å². The van der Waals surface area contributed by atoms with Gasteiger partial charge in [-0.1, -0.05) is 11.6 Å². The van der Waals surface area contributed by atoms with Gasteiger partial charge < -0.3 is 5.32 Å². The van der Waals surface area contributed by atoms with Gasteiger partial charge in [-0.15, -0.1) is 0 Å². The Kier molecular flexibility index (Phi) is 2.64. The zero-order valence-electron chi connectivity index (χ0n) is 6.08. The van der Waals surface area contributed by atoms with Crippen molar-refractivity contribution < 1.29 is 13.0 Å². The maximum Gasteiger partial charge on any atom is 0.268 e. The maximum absolute atomic E-state index is 10.3. The summed E-state index contributed by atoms with van der Waals surface area (Å²) in [5.74, 6) is -0.260. The van der Waals surface area contributed by atoms with Crippen molar-refractivity contribution in [3.63, 3.8) is 0 Å². The predicted octanol–water partition coefficient (Wildman–Crippen LogP) is -0.206. The Hall–Kier alpha value is -0.390. The molecule has 2 N–H and O–H groups in total. The molecule has 0 unspecified atom stereocenters. The van der Waals surface area contributed by atoms with Gasteiger partial charge in [-0.25, -0.2) is 0 Å². The van der Waals surface area contributed by atoms with Crippen LogP contribution in [0.15, 0.2) is 11.6 Å². The second-order valence-electron chi connectivity index (χ2n) is 2.54. The SMILES string of the molecule is O=S(=O)(O)C/C=C1\CCNC1. The highest BCUT2D eigenvalue weighted by atomic mass is 32.2. The van der Waals surface area contributed by atoms with Crippen molar-refractivity contribution in [2.75, 3.05) is 18.8 Å². The average Bonchev–Trinajstić information content (AvgIpc) is 2.32. The molecule has 1 heterocycles. The van der Waals surface area contributed by atoms with Crippen molar-refractivity contribution in [3.05, 3.63) is 11.6 Å². The quantitative estimate of drug-likeness (QED) is 0.452. The van der Waals surface area contributed by atoms with Crippen LogP contribution in [0.4, 0.5) is 0 Å². The van der Waals surface area contributed by atoms with Crippen molar-refractivity contribution in [2.24, 2.45) is 0 Å². The van der Waals surface area contributed by atoms with Gasteiger partial charge in [0.15, 0.2) is 0 Å². The summed E-state index contributed by atoms with van der Waals surface area (Å²) in [5.41, 5.74) is 1.06. The lowest BCUT2D eigenvalue weighted by Crippen LogP contribution is -2.06. The molecule has 0 aromatic heterocycles.